The Morgan fingerprint density at radius 3 is 2.93 bits per heavy atom. The largest absolute Gasteiger partial charge is 0.370 e. The van der Waals surface area contributed by atoms with Crippen molar-refractivity contribution in [2.24, 2.45) is 5.73 Å². The van der Waals surface area contributed by atoms with Gasteiger partial charge in [0.15, 0.2) is 0 Å². The fraction of sp³-hybridized carbons (Fsp3) is 0.500. The van der Waals surface area contributed by atoms with Crippen molar-refractivity contribution in [3.63, 3.8) is 0 Å². The zero-order valence-corrected chi connectivity index (χ0v) is 9.92. The van der Waals surface area contributed by atoms with Crippen LogP contribution in [0.1, 0.15) is 19.8 Å². The van der Waals surface area contributed by atoms with Gasteiger partial charge >= 0.3 is 0 Å². The number of aromatic nitrogens is 1. The summed E-state index contributed by atoms with van der Waals surface area (Å²) < 4.78 is 0.999. The Morgan fingerprint density at radius 1 is 1.57 bits per heavy atom. The lowest BCUT2D eigenvalue weighted by molar-refractivity contribution is 0.639. The van der Waals surface area contributed by atoms with Gasteiger partial charge in [0.2, 0.25) is 0 Å². The van der Waals surface area contributed by atoms with Gasteiger partial charge in [0.25, 0.3) is 0 Å². The van der Waals surface area contributed by atoms with Crippen molar-refractivity contribution in [3.05, 3.63) is 22.8 Å². The van der Waals surface area contributed by atoms with Gasteiger partial charge in [0, 0.05) is 23.3 Å². The molecule has 0 saturated heterocycles. The van der Waals surface area contributed by atoms with Crippen molar-refractivity contribution in [3.8, 4) is 0 Å². The van der Waals surface area contributed by atoms with Crippen LogP contribution in [0.25, 0.3) is 0 Å². The second-order valence-corrected chi connectivity index (χ2v) is 4.32. The lowest BCUT2D eigenvalue weighted by atomic mass is 10.2. The van der Waals surface area contributed by atoms with Crippen molar-refractivity contribution < 1.29 is 0 Å². The molecule has 3 N–H and O–H groups in total. The van der Waals surface area contributed by atoms with E-state index in [2.05, 4.69) is 26.2 Å². The molecule has 1 aromatic rings. The van der Waals surface area contributed by atoms with Crippen LogP contribution < -0.4 is 11.1 Å². The highest BCUT2D eigenvalue weighted by atomic mass is 79.9. The van der Waals surface area contributed by atoms with E-state index in [1.165, 1.54) is 0 Å². The molecule has 4 heteroatoms. The van der Waals surface area contributed by atoms with Crippen LogP contribution in [0.5, 0.6) is 0 Å². The fourth-order valence-electron chi connectivity index (χ4n) is 1.12. The lowest BCUT2D eigenvalue weighted by Crippen LogP contribution is -2.16. The minimum absolute atomic E-state index is 0.287. The van der Waals surface area contributed by atoms with Crippen LogP contribution >= 0.6 is 15.9 Å². The third-order valence-electron chi connectivity index (χ3n) is 1.87. The first-order chi connectivity index (χ1) is 6.68. The van der Waals surface area contributed by atoms with E-state index in [0.29, 0.717) is 0 Å². The Morgan fingerprint density at radius 2 is 2.36 bits per heavy atom. The minimum atomic E-state index is 0.287. The Kier molecular flexibility index (Phi) is 4.90. The number of hydrogen-bond donors (Lipinski definition) is 2. The molecule has 1 aromatic heterocycles. The van der Waals surface area contributed by atoms with Crippen LogP contribution in [0.3, 0.4) is 0 Å². The van der Waals surface area contributed by atoms with Gasteiger partial charge < -0.3 is 11.1 Å². The van der Waals surface area contributed by atoms with Crippen LogP contribution in [-0.2, 0) is 0 Å². The summed E-state index contributed by atoms with van der Waals surface area (Å²) in [7, 11) is 0. The average molecular weight is 258 g/mol. The smallest absolute Gasteiger partial charge is 0.125 e. The van der Waals surface area contributed by atoms with Crippen LogP contribution in [0, 0.1) is 0 Å². The second-order valence-electron chi connectivity index (χ2n) is 3.41. The molecule has 0 aliphatic heterocycles. The lowest BCUT2D eigenvalue weighted by Gasteiger charge is -2.06. The molecule has 0 aliphatic rings. The van der Waals surface area contributed by atoms with Crippen molar-refractivity contribution in [2.45, 2.75) is 25.8 Å². The van der Waals surface area contributed by atoms with Gasteiger partial charge in [-0.1, -0.05) is 0 Å². The van der Waals surface area contributed by atoms with Gasteiger partial charge in [0.05, 0.1) is 0 Å². The van der Waals surface area contributed by atoms with E-state index in [9.17, 15) is 0 Å². The quantitative estimate of drug-likeness (QED) is 0.797. The molecule has 3 nitrogen and oxygen atoms in total. The first-order valence-electron chi connectivity index (χ1n) is 4.79. The number of pyridine rings is 1. The molecule has 0 spiro atoms. The van der Waals surface area contributed by atoms with Crippen molar-refractivity contribution >= 4 is 21.7 Å². The van der Waals surface area contributed by atoms with E-state index in [4.69, 9.17) is 5.73 Å². The van der Waals surface area contributed by atoms with Gasteiger partial charge in [-0.2, -0.15) is 0 Å². The number of hydrogen-bond acceptors (Lipinski definition) is 3. The number of nitrogens with one attached hydrogen (secondary N) is 1. The van der Waals surface area contributed by atoms with Crippen molar-refractivity contribution in [2.75, 3.05) is 11.9 Å². The van der Waals surface area contributed by atoms with E-state index in [0.717, 1.165) is 29.7 Å². The Labute approximate surface area is 93.2 Å². The van der Waals surface area contributed by atoms with E-state index in [1.807, 2.05) is 19.1 Å². The maximum atomic E-state index is 5.64. The molecule has 14 heavy (non-hydrogen) atoms. The third kappa shape index (κ3) is 4.58. The molecule has 0 aromatic carbocycles. The van der Waals surface area contributed by atoms with Crippen LogP contribution in [0.15, 0.2) is 22.8 Å². The highest BCUT2D eigenvalue weighted by Crippen LogP contribution is 2.10. The van der Waals surface area contributed by atoms with E-state index >= 15 is 0 Å². The number of nitrogens with zero attached hydrogens (tertiary/aromatic N) is 1. The van der Waals surface area contributed by atoms with E-state index in [1.54, 1.807) is 6.20 Å². The molecular formula is C10H16BrN3. The summed E-state index contributed by atoms with van der Waals surface area (Å²) in [6, 6.07) is 4.21. The standard InChI is InChI=1S/C10H16BrN3/c1-8(12)3-2-6-13-10-5-4-9(11)7-14-10/h4-5,7-8H,2-3,6,12H2,1H3,(H,13,14). The van der Waals surface area contributed by atoms with Gasteiger partial charge in [-0.15, -0.1) is 0 Å². The number of halogens is 1. The molecular weight excluding hydrogens is 242 g/mol. The minimum Gasteiger partial charge on any atom is -0.370 e. The van der Waals surface area contributed by atoms with Crippen LogP contribution in [0.2, 0.25) is 0 Å². The van der Waals surface area contributed by atoms with E-state index < -0.39 is 0 Å². The monoisotopic (exact) mass is 257 g/mol. The molecule has 0 radical (unpaired) electrons. The maximum Gasteiger partial charge on any atom is 0.125 e. The first kappa shape index (κ1) is 11.5. The highest BCUT2D eigenvalue weighted by Gasteiger charge is 1.95. The number of nitrogens with two attached hydrogens (primary N) is 1. The Hall–Kier alpha value is -0.610. The summed E-state index contributed by atoms with van der Waals surface area (Å²) in [5.74, 6) is 0.915. The molecule has 0 aliphatic carbocycles. The highest BCUT2D eigenvalue weighted by molar-refractivity contribution is 9.10. The molecule has 0 bridgehead atoms. The molecule has 1 unspecified atom stereocenters. The first-order valence-corrected chi connectivity index (χ1v) is 5.59. The number of anilines is 1. The van der Waals surface area contributed by atoms with Crippen LogP contribution in [0.4, 0.5) is 5.82 Å². The second kappa shape index (κ2) is 5.98. The summed E-state index contributed by atoms with van der Waals surface area (Å²) in [4.78, 5) is 4.21. The summed E-state index contributed by atoms with van der Waals surface area (Å²) in [6.07, 6.45) is 3.91. The zero-order valence-electron chi connectivity index (χ0n) is 8.33. The van der Waals surface area contributed by atoms with Gasteiger partial charge in [0.1, 0.15) is 5.82 Å². The van der Waals surface area contributed by atoms with E-state index in [-0.39, 0.29) is 6.04 Å². The summed E-state index contributed by atoms with van der Waals surface area (Å²) in [5, 5.41) is 3.24. The van der Waals surface area contributed by atoms with Crippen molar-refractivity contribution in [1.82, 2.24) is 4.98 Å². The summed E-state index contributed by atoms with van der Waals surface area (Å²) >= 11 is 3.34. The summed E-state index contributed by atoms with van der Waals surface area (Å²) in [6.45, 7) is 2.95. The molecule has 0 saturated carbocycles. The normalized spacial score (nSPS) is 12.5. The third-order valence-corrected chi connectivity index (χ3v) is 2.34. The maximum absolute atomic E-state index is 5.64. The Bertz CT molecular complexity index is 259. The fourth-order valence-corrected chi connectivity index (χ4v) is 1.36. The zero-order chi connectivity index (χ0) is 10.4. The molecule has 1 rings (SSSR count). The molecule has 1 heterocycles. The van der Waals surface area contributed by atoms with Gasteiger partial charge in [-0.25, -0.2) is 4.98 Å². The topological polar surface area (TPSA) is 50.9 Å². The van der Waals surface area contributed by atoms with Gasteiger partial charge in [-0.05, 0) is 47.8 Å². The number of rotatable bonds is 5. The predicted octanol–water partition coefficient (Wildman–Crippen LogP) is 2.38. The van der Waals surface area contributed by atoms with Gasteiger partial charge in [-0.3, -0.25) is 0 Å². The molecule has 0 amide bonds. The molecule has 78 valence electrons. The Balaban J connectivity index is 2.21. The summed E-state index contributed by atoms with van der Waals surface area (Å²) in [5.41, 5.74) is 5.64. The molecule has 1 atom stereocenters. The van der Waals surface area contributed by atoms with Crippen molar-refractivity contribution in [1.29, 1.82) is 0 Å². The predicted molar refractivity (Wildman–Crippen MR) is 63.3 cm³/mol. The van der Waals surface area contributed by atoms with Crippen LogP contribution in [-0.4, -0.2) is 17.6 Å². The molecule has 0 fully saturated rings. The average Bonchev–Trinajstić information content (AvgIpc) is 2.15. The SMILES string of the molecule is CC(N)CCCNc1ccc(Br)cn1.